The number of benzene rings is 2. The maximum Gasteiger partial charge on any atom is 0.307 e. The number of rotatable bonds is 6. The largest absolute Gasteiger partial charge is 0.486 e. The maximum atomic E-state index is 12.1. The summed E-state index contributed by atoms with van der Waals surface area (Å²) >= 11 is 0. The Labute approximate surface area is 152 Å². The number of aryl methyl sites for hydroxylation is 2. The van der Waals surface area contributed by atoms with Crippen LogP contribution in [0, 0.1) is 13.8 Å². The van der Waals surface area contributed by atoms with Crippen molar-refractivity contribution in [2.45, 2.75) is 20.5 Å². The van der Waals surface area contributed by atoms with E-state index in [9.17, 15) is 4.79 Å². The highest BCUT2D eigenvalue weighted by atomic mass is 16.5. The number of hydrogen-bond acceptors (Lipinski definition) is 4. The molecule has 0 aliphatic carbocycles. The average Bonchev–Trinajstić information content (AvgIpc) is 3.13. The topological polar surface area (TPSA) is 63.8 Å². The van der Waals surface area contributed by atoms with Crippen LogP contribution in [0.3, 0.4) is 0 Å². The van der Waals surface area contributed by atoms with Crippen molar-refractivity contribution in [3.63, 3.8) is 0 Å². The van der Waals surface area contributed by atoms with Crippen molar-refractivity contribution in [3.8, 4) is 5.75 Å². The van der Waals surface area contributed by atoms with Gasteiger partial charge in [0.05, 0.1) is 6.21 Å². The van der Waals surface area contributed by atoms with Crippen LogP contribution in [0.2, 0.25) is 0 Å². The summed E-state index contributed by atoms with van der Waals surface area (Å²) in [5.41, 5.74) is 5.66. The number of furan rings is 1. The van der Waals surface area contributed by atoms with Crippen LogP contribution >= 0.6 is 0 Å². The molecule has 132 valence electrons. The van der Waals surface area contributed by atoms with Gasteiger partial charge in [0.1, 0.15) is 18.1 Å². The summed E-state index contributed by atoms with van der Waals surface area (Å²) in [6.45, 7) is 4.26. The Bertz CT molecular complexity index is 914. The van der Waals surface area contributed by atoms with E-state index in [1.165, 1.54) is 0 Å². The fourth-order valence-corrected chi connectivity index (χ4v) is 2.36. The van der Waals surface area contributed by atoms with Gasteiger partial charge in [0.15, 0.2) is 5.76 Å². The number of carbonyl (C=O) groups is 1. The molecule has 1 N–H and O–H groups in total. The summed E-state index contributed by atoms with van der Waals surface area (Å²) < 4.78 is 11.1. The third-order valence-electron chi connectivity index (χ3n) is 3.81. The zero-order chi connectivity index (χ0) is 18.4. The molecule has 0 saturated carbocycles. The summed E-state index contributed by atoms with van der Waals surface area (Å²) in [5.74, 6) is 1.10. The van der Waals surface area contributed by atoms with Gasteiger partial charge in [-0.2, -0.15) is 5.10 Å². The molecular formula is C21H20N2O3. The molecule has 26 heavy (non-hydrogen) atoms. The number of amides is 1. The smallest absolute Gasteiger partial charge is 0.307 e. The summed E-state index contributed by atoms with van der Waals surface area (Å²) in [5, 5.41) is 4.01. The van der Waals surface area contributed by atoms with Crippen molar-refractivity contribution >= 4 is 12.1 Å². The Morgan fingerprint density at radius 1 is 1.12 bits per heavy atom. The molecule has 0 bridgehead atoms. The van der Waals surface area contributed by atoms with Gasteiger partial charge in [-0.25, -0.2) is 5.43 Å². The quantitative estimate of drug-likeness (QED) is 0.535. The van der Waals surface area contributed by atoms with Gasteiger partial charge in [0, 0.05) is 0 Å². The molecule has 1 heterocycles. The minimum absolute atomic E-state index is 0.190. The molecule has 0 atom stereocenters. The van der Waals surface area contributed by atoms with Crippen LogP contribution in [0.15, 0.2) is 70.2 Å². The lowest BCUT2D eigenvalue weighted by Gasteiger charge is -2.03. The first-order valence-corrected chi connectivity index (χ1v) is 8.29. The predicted molar refractivity (Wildman–Crippen MR) is 100 cm³/mol. The van der Waals surface area contributed by atoms with Crippen LogP contribution in [-0.2, 0) is 6.61 Å². The number of nitrogens with one attached hydrogen (secondary N) is 1. The first-order valence-electron chi connectivity index (χ1n) is 8.29. The van der Waals surface area contributed by atoms with Crippen LogP contribution in [0.5, 0.6) is 5.75 Å². The van der Waals surface area contributed by atoms with Crippen LogP contribution in [0.1, 0.15) is 33.0 Å². The lowest BCUT2D eigenvalue weighted by molar-refractivity contribution is 0.0923. The average molecular weight is 348 g/mol. The molecule has 0 spiro atoms. The third kappa shape index (κ3) is 4.60. The van der Waals surface area contributed by atoms with Crippen LogP contribution in [0.25, 0.3) is 0 Å². The molecule has 1 amide bonds. The number of nitrogens with zero attached hydrogens (tertiary/aromatic N) is 1. The van der Waals surface area contributed by atoms with Gasteiger partial charge in [0.2, 0.25) is 0 Å². The third-order valence-corrected chi connectivity index (χ3v) is 3.81. The summed E-state index contributed by atoms with van der Waals surface area (Å²) in [6, 6.07) is 18.8. The standard InChI is InChI=1S/C21H20N2O3/c1-15-8-9-16(2)17(12-15)13-22-23-21(24)20-11-10-19(26-20)14-25-18-6-4-3-5-7-18/h3-13H,14H2,1-2H3,(H,23,24)/b22-13-. The Kier molecular flexibility index (Phi) is 5.49. The Hall–Kier alpha value is -3.34. The molecule has 0 unspecified atom stereocenters. The van der Waals surface area contributed by atoms with Gasteiger partial charge in [-0.15, -0.1) is 0 Å². The molecule has 0 radical (unpaired) electrons. The lowest BCUT2D eigenvalue weighted by atomic mass is 10.1. The highest BCUT2D eigenvalue weighted by Gasteiger charge is 2.10. The summed E-state index contributed by atoms with van der Waals surface area (Å²) in [7, 11) is 0. The molecule has 0 fully saturated rings. The minimum atomic E-state index is -0.405. The molecule has 2 aromatic carbocycles. The van der Waals surface area contributed by atoms with Gasteiger partial charge < -0.3 is 9.15 Å². The molecule has 0 aliphatic heterocycles. The van der Waals surface area contributed by atoms with E-state index in [0.717, 1.165) is 22.4 Å². The summed E-state index contributed by atoms with van der Waals surface area (Å²) in [4.78, 5) is 12.1. The highest BCUT2D eigenvalue weighted by molar-refractivity contribution is 5.92. The Morgan fingerprint density at radius 3 is 2.73 bits per heavy atom. The molecule has 0 saturated heterocycles. The molecular weight excluding hydrogens is 328 g/mol. The summed E-state index contributed by atoms with van der Waals surface area (Å²) in [6.07, 6.45) is 1.63. The van der Waals surface area contributed by atoms with Crippen molar-refractivity contribution < 1.29 is 13.9 Å². The number of carbonyl (C=O) groups excluding carboxylic acids is 1. The molecule has 3 rings (SSSR count). The van der Waals surface area contributed by atoms with Gasteiger partial charge in [-0.3, -0.25) is 4.79 Å². The van der Waals surface area contributed by atoms with E-state index < -0.39 is 5.91 Å². The van der Waals surface area contributed by atoms with Gasteiger partial charge in [-0.05, 0) is 49.2 Å². The van der Waals surface area contributed by atoms with Crippen molar-refractivity contribution in [1.29, 1.82) is 0 Å². The van der Waals surface area contributed by atoms with Crippen molar-refractivity contribution in [1.82, 2.24) is 5.43 Å². The highest BCUT2D eigenvalue weighted by Crippen LogP contribution is 2.14. The van der Waals surface area contributed by atoms with Crippen LogP contribution < -0.4 is 10.2 Å². The van der Waals surface area contributed by atoms with E-state index in [1.807, 2.05) is 62.4 Å². The molecule has 1 aromatic heterocycles. The van der Waals surface area contributed by atoms with Crippen LogP contribution in [-0.4, -0.2) is 12.1 Å². The predicted octanol–water partition coefficient (Wildman–Crippen LogP) is 4.24. The molecule has 5 nitrogen and oxygen atoms in total. The number of para-hydroxylation sites is 1. The minimum Gasteiger partial charge on any atom is -0.486 e. The lowest BCUT2D eigenvalue weighted by Crippen LogP contribution is -2.16. The van der Waals surface area contributed by atoms with E-state index >= 15 is 0 Å². The first kappa shape index (κ1) is 17.5. The maximum absolute atomic E-state index is 12.1. The monoisotopic (exact) mass is 348 g/mol. The number of hydrazone groups is 1. The van der Waals surface area contributed by atoms with E-state index in [-0.39, 0.29) is 12.4 Å². The van der Waals surface area contributed by atoms with E-state index in [4.69, 9.17) is 9.15 Å². The SMILES string of the molecule is Cc1ccc(C)c(/C=N\NC(=O)c2ccc(COc3ccccc3)o2)c1. The number of ether oxygens (including phenoxy) is 1. The second kappa shape index (κ2) is 8.16. The zero-order valence-electron chi connectivity index (χ0n) is 14.7. The van der Waals surface area contributed by atoms with Gasteiger partial charge >= 0.3 is 5.91 Å². The van der Waals surface area contributed by atoms with Crippen molar-refractivity contribution in [2.75, 3.05) is 0 Å². The van der Waals surface area contributed by atoms with Crippen LogP contribution in [0.4, 0.5) is 0 Å². The molecule has 0 aliphatic rings. The second-order valence-electron chi connectivity index (χ2n) is 5.93. The Balaban J connectivity index is 1.56. The van der Waals surface area contributed by atoms with Crippen molar-refractivity contribution in [3.05, 3.63) is 88.9 Å². The fraction of sp³-hybridized carbons (Fsp3) is 0.143. The van der Waals surface area contributed by atoms with Gasteiger partial charge in [-0.1, -0.05) is 42.0 Å². The fourth-order valence-electron chi connectivity index (χ4n) is 2.36. The zero-order valence-corrected chi connectivity index (χ0v) is 14.7. The van der Waals surface area contributed by atoms with E-state index in [2.05, 4.69) is 10.5 Å². The van der Waals surface area contributed by atoms with E-state index in [1.54, 1.807) is 18.3 Å². The Morgan fingerprint density at radius 2 is 1.92 bits per heavy atom. The van der Waals surface area contributed by atoms with Crippen molar-refractivity contribution in [2.24, 2.45) is 5.10 Å². The molecule has 5 heteroatoms. The second-order valence-corrected chi connectivity index (χ2v) is 5.93. The first-order chi connectivity index (χ1) is 12.6. The normalized spacial score (nSPS) is 10.8. The molecule has 3 aromatic rings. The number of hydrogen-bond donors (Lipinski definition) is 1. The van der Waals surface area contributed by atoms with Gasteiger partial charge in [0.25, 0.3) is 0 Å². The van der Waals surface area contributed by atoms with E-state index in [0.29, 0.717) is 5.76 Å².